The van der Waals surface area contributed by atoms with Gasteiger partial charge in [0.15, 0.2) is 0 Å². The molecule has 0 unspecified atom stereocenters. The predicted molar refractivity (Wildman–Crippen MR) is 138 cm³/mol. The van der Waals surface area contributed by atoms with Crippen molar-refractivity contribution in [2.24, 2.45) is 22.9 Å². The lowest BCUT2D eigenvalue weighted by atomic mass is 10.2. The lowest BCUT2D eigenvalue weighted by Gasteiger charge is -2.02. The van der Waals surface area contributed by atoms with E-state index in [1.165, 1.54) is 12.7 Å². The Hall–Kier alpha value is -4.43. The molecular formula is C21H37N9O10. The number of nitrogens with two attached hydrogens (primary N) is 4. The largest absolute Gasteiger partial charge is 0.480 e. The summed E-state index contributed by atoms with van der Waals surface area (Å²) >= 11 is 0. The van der Waals surface area contributed by atoms with E-state index in [1.54, 1.807) is 12.4 Å². The second-order valence-corrected chi connectivity index (χ2v) is 7.63. The van der Waals surface area contributed by atoms with E-state index >= 15 is 0 Å². The molecule has 0 spiro atoms. The third kappa shape index (κ3) is 21.6. The number of carbonyl (C=O) groups is 5. The molecule has 3 atom stereocenters. The van der Waals surface area contributed by atoms with Gasteiger partial charge in [-0.2, -0.15) is 0 Å². The maximum atomic E-state index is 10.3. The van der Waals surface area contributed by atoms with Gasteiger partial charge in [-0.05, 0) is 19.4 Å². The fraction of sp³-hybridized carbons (Fsp3) is 0.476. The zero-order valence-electron chi connectivity index (χ0n) is 21.5. The molecule has 16 N–H and O–H groups in total. The minimum atomic E-state index is -1.00. The van der Waals surface area contributed by atoms with Crippen LogP contribution in [0.2, 0.25) is 0 Å². The maximum absolute atomic E-state index is 10.3. The second kappa shape index (κ2) is 22.5. The lowest BCUT2D eigenvalue weighted by molar-refractivity contribution is -0.139. The lowest BCUT2D eigenvalue weighted by Crippen LogP contribution is -2.32. The van der Waals surface area contributed by atoms with Crippen LogP contribution in [0.15, 0.2) is 25.0 Å². The minimum Gasteiger partial charge on any atom is -0.480 e. The SMILES string of the molecule is NCC(=O)O.NCC(=O)O.N[C@@H](Cc1cnc[nH]1)C(=O)O.N[C@@H](Cc1cnc[nH]1)C(=O)O.O=C(O)[C@@H]1CCCN1. The van der Waals surface area contributed by atoms with Gasteiger partial charge in [-0.3, -0.25) is 24.0 Å². The van der Waals surface area contributed by atoms with Crippen LogP contribution in [0.4, 0.5) is 0 Å². The highest BCUT2D eigenvalue weighted by Gasteiger charge is 2.20. The Balaban J connectivity index is 0. The molecular weight excluding hydrogens is 538 g/mol. The first-order valence-corrected chi connectivity index (χ1v) is 11.5. The number of aliphatic carboxylic acids is 5. The third-order valence-electron chi connectivity index (χ3n) is 4.33. The molecule has 3 heterocycles. The Bertz CT molecular complexity index is 915. The zero-order valence-corrected chi connectivity index (χ0v) is 21.5. The van der Waals surface area contributed by atoms with Crippen LogP contribution in [-0.4, -0.2) is 113 Å². The number of aromatic nitrogens is 4. The van der Waals surface area contributed by atoms with Gasteiger partial charge in [0.05, 0.1) is 25.7 Å². The quantitative estimate of drug-likeness (QED) is 0.138. The molecule has 1 aliphatic heterocycles. The molecule has 0 aromatic carbocycles. The van der Waals surface area contributed by atoms with E-state index in [0.717, 1.165) is 30.8 Å². The van der Waals surface area contributed by atoms with Gasteiger partial charge in [0, 0.05) is 36.6 Å². The molecule has 0 aliphatic carbocycles. The highest BCUT2D eigenvalue weighted by Crippen LogP contribution is 2.03. The molecule has 40 heavy (non-hydrogen) atoms. The van der Waals surface area contributed by atoms with Crippen molar-refractivity contribution in [3.05, 3.63) is 36.4 Å². The van der Waals surface area contributed by atoms with Crippen LogP contribution in [0.1, 0.15) is 24.2 Å². The summed E-state index contributed by atoms with van der Waals surface area (Å²) in [4.78, 5) is 62.2. The van der Waals surface area contributed by atoms with Crippen molar-refractivity contribution >= 4 is 29.8 Å². The molecule has 0 radical (unpaired) electrons. The molecule has 0 amide bonds. The molecule has 3 rings (SSSR count). The van der Waals surface area contributed by atoms with Crippen molar-refractivity contribution in [1.29, 1.82) is 0 Å². The molecule has 1 aliphatic rings. The number of carboxylic acids is 5. The number of rotatable bonds is 9. The van der Waals surface area contributed by atoms with Crippen molar-refractivity contribution in [3.63, 3.8) is 0 Å². The number of nitrogens with one attached hydrogen (secondary N) is 3. The molecule has 19 heteroatoms. The van der Waals surface area contributed by atoms with Gasteiger partial charge in [-0.25, -0.2) is 9.97 Å². The minimum absolute atomic E-state index is 0.269. The monoisotopic (exact) mass is 575 g/mol. The standard InChI is InChI=1S/2C6H9N3O2.C5H9NO2.2C2H5NO2/c2*7-5(6(10)11)1-4-2-8-3-9-4;7-5(8)4-2-1-3-6-4;2*3-1-2(4)5/h2*2-3,5H,1,7H2,(H,8,9)(H,10,11);4,6H,1-3H2,(H,7,8);2*1,3H2,(H,4,5)/t2*5-;4-;;/m000../s1. The van der Waals surface area contributed by atoms with Crippen molar-refractivity contribution in [1.82, 2.24) is 25.3 Å². The summed E-state index contributed by atoms with van der Waals surface area (Å²) in [6, 6.07) is -1.97. The van der Waals surface area contributed by atoms with E-state index < -0.39 is 41.9 Å². The molecule has 2 aromatic rings. The number of aromatic amines is 2. The second-order valence-electron chi connectivity index (χ2n) is 7.63. The van der Waals surface area contributed by atoms with E-state index in [1.807, 2.05) is 0 Å². The molecule has 0 saturated carbocycles. The van der Waals surface area contributed by atoms with Gasteiger partial charge in [0.25, 0.3) is 0 Å². The smallest absolute Gasteiger partial charge is 0.320 e. The van der Waals surface area contributed by atoms with Gasteiger partial charge >= 0.3 is 29.8 Å². The topological polar surface area (TPSA) is 360 Å². The summed E-state index contributed by atoms with van der Waals surface area (Å²) in [5.74, 6) is -4.66. The Kier molecular flexibility index (Phi) is 21.3. The average Bonchev–Trinajstić information content (AvgIpc) is 3.69. The first-order valence-electron chi connectivity index (χ1n) is 11.5. The van der Waals surface area contributed by atoms with Crippen LogP contribution < -0.4 is 28.3 Å². The number of imidazole rings is 2. The van der Waals surface area contributed by atoms with Gasteiger partial charge < -0.3 is 63.8 Å². The number of hydrogen-bond donors (Lipinski definition) is 12. The Morgan fingerprint density at radius 3 is 1.35 bits per heavy atom. The van der Waals surface area contributed by atoms with E-state index in [2.05, 4.69) is 36.7 Å². The Morgan fingerprint density at radius 2 is 1.18 bits per heavy atom. The van der Waals surface area contributed by atoms with Crippen LogP contribution in [0.3, 0.4) is 0 Å². The van der Waals surface area contributed by atoms with Gasteiger partial charge in [0.2, 0.25) is 0 Å². The van der Waals surface area contributed by atoms with Crippen LogP contribution in [0.25, 0.3) is 0 Å². The normalized spacial score (nSPS) is 14.6. The van der Waals surface area contributed by atoms with Gasteiger partial charge in [-0.1, -0.05) is 0 Å². The van der Waals surface area contributed by atoms with E-state index in [0.29, 0.717) is 0 Å². The van der Waals surface area contributed by atoms with Crippen molar-refractivity contribution in [2.75, 3.05) is 19.6 Å². The Morgan fingerprint density at radius 1 is 0.800 bits per heavy atom. The van der Waals surface area contributed by atoms with Gasteiger partial charge in [0.1, 0.15) is 18.1 Å². The number of hydrogen-bond acceptors (Lipinski definition) is 12. The first kappa shape index (κ1) is 37.7. The zero-order chi connectivity index (χ0) is 31.1. The van der Waals surface area contributed by atoms with Crippen molar-refractivity contribution in [3.8, 4) is 0 Å². The summed E-state index contributed by atoms with van der Waals surface area (Å²) in [6.45, 7) is 0.303. The number of carboxylic acid groups (broad SMARTS) is 5. The molecule has 0 bridgehead atoms. The van der Waals surface area contributed by atoms with Crippen LogP contribution >= 0.6 is 0 Å². The fourth-order valence-electron chi connectivity index (χ4n) is 2.34. The summed E-state index contributed by atoms with van der Waals surface area (Å²) in [5.41, 5.74) is 21.1. The number of nitrogens with zero attached hydrogens (tertiary/aromatic N) is 2. The van der Waals surface area contributed by atoms with Crippen LogP contribution in [0, 0.1) is 0 Å². The van der Waals surface area contributed by atoms with Crippen LogP contribution in [0.5, 0.6) is 0 Å². The number of H-pyrrole nitrogens is 2. The third-order valence-corrected chi connectivity index (χ3v) is 4.33. The first-order chi connectivity index (χ1) is 18.7. The fourth-order valence-corrected chi connectivity index (χ4v) is 2.34. The maximum Gasteiger partial charge on any atom is 0.320 e. The van der Waals surface area contributed by atoms with Gasteiger partial charge in [-0.15, -0.1) is 0 Å². The summed E-state index contributed by atoms with van der Waals surface area (Å²) in [7, 11) is 0. The van der Waals surface area contributed by atoms with E-state index in [-0.39, 0.29) is 32.0 Å². The molecule has 1 saturated heterocycles. The molecule has 226 valence electrons. The molecule has 19 nitrogen and oxygen atoms in total. The van der Waals surface area contributed by atoms with E-state index in [9.17, 15) is 24.0 Å². The van der Waals surface area contributed by atoms with E-state index in [4.69, 9.17) is 37.0 Å². The predicted octanol–water partition coefficient (Wildman–Crippen LogP) is -3.39. The van der Waals surface area contributed by atoms with Crippen LogP contribution in [-0.2, 0) is 36.8 Å². The summed E-state index contributed by atoms with van der Waals surface area (Å²) in [6.07, 6.45) is 8.45. The molecule has 2 aromatic heterocycles. The molecule has 1 fully saturated rings. The van der Waals surface area contributed by atoms with Crippen molar-refractivity contribution < 1.29 is 49.5 Å². The summed E-state index contributed by atoms with van der Waals surface area (Å²) < 4.78 is 0. The Labute approximate surface area is 228 Å². The highest BCUT2D eigenvalue weighted by molar-refractivity contribution is 5.74. The summed E-state index contributed by atoms with van der Waals surface area (Å²) in [5, 5.41) is 43.2. The van der Waals surface area contributed by atoms with Crippen molar-refractivity contribution in [2.45, 2.75) is 43.8 Å². The average molecular weight is 576 g/mol. The highest BCUT2D eigenvalue weighted by atomic mass is 16.4.